The van der Waals surface area contributed by atoms with Crippen molar-refractivity contribution in [2.45, 2.75) is 51.5 Å². The molecule has 1 aromatic carbocycles. The van der Waals surface area contributed by atoms with Crippen molar-refractivity contribution in [1.82, 2.24) is 4.90 Å². The number of nitrogens with zero attached hydrogens (tertiary/aromatic N) is 1. The van der Waals surface area contributed by atoms with Gasteiger partial charge < -0.3 is 4.90 Å². The fraction of sp³-hybridized carbons (Fsp3) is 0.524. The van der Waals surface area contributed by atoms with Crippen LogP contribution in [0.5, 0.6) is 0 Å². The second-order valence-corrected chi connectivity index (χ2v) is 7.30. The van der Waals surface area contributed by atoms with E-state index >= 15 is 0 Å². The Labute approximate surface area is 135 Å². The largest absolute Gasteiger partial charge is 0.306 e. The molecule has 0 amide bonds. The summed E-state index contributed by atoms with van der Waals surface area (Å²) in [5, 5.41) is 0. The minimum Gasteiger partial charge on any atom is -0.306 e. The smallest absolute Gasteiger partial charge is 0.00954 e. The molecule has 0 radical (unpaired) electrons. The molecular formula is C21H29N. The lowest BCUT2D eigenvalue weighted by atomic mass is 9.69. The van der Waals surface area contributed by atoms with Crippen LogP contribution in [0.15, 0.2) is 53.1 Å². The van der Waals surface area contributed by atoms with Gasteiger partial charge in [0, 0.05) is 6.04 Å². The molecule has 0 heterocycles. The molecule has 118 valence electrons. The minimum atomic E-state index is 0.673. The molecule has 1 fully saturated rings. The van der Waals surface area contributed by atoms with Crippen LogP contribution in [-0.4, -0.2) is 25.0 Å². The van der Waals surface area contributed by atoms with Crippen LogP contribution in [0.25, 0.3) is 0 Å². The molecule has 2 aliphatic rings. The van der Waals surface area contributed by atoms with Gasteiger partial charge in [0.15, 0.2) is 0 Å². The van der Waals surface area contributed by atoms with E-state index in [-0.39, 0.29) is 0 Å². The third-order valence-corrected chi connectivity index (χ3v) is 5.93. The Kier molecular flexibility index (Phi) is 4.54. The lowest BCUT2D eigenvalue weighted by molar-refractivity contribution is 0.184. The van der Waals surface area contributed by atoms with Crippen LogP contribution in [0.4, 0.5) is 0 Å². The average molecular weight is 295 g/mol. The maximum absolute atomic E-state index is 2.42. The van der Waals surface area contributed by atoms with Crippen LogP contribution in [0.3, 0.4) is 0 Å². The standard InChI is InChI=1S/C21H29N/c1-15-10-12-19(16(15)2)20-13-11-18(22(3)4)14-21(20)17-8-6-5-7-9-17/h5-10,18,20-21H,11-14H2,1-4H3. The number of hydrogen-bond acceptors (Lipinski definition) is 1. The first-order valence-corrected chi connectivity index (χ1v) is 8.66. The fourth-order valence-electron chi connectivity index (χ4n) is 4.36. The van der Waals surface area contributed by atoms with Gasteiger partial charge in [0.1, 0.15) is 0 Å². The fourth-order valence-corrected chi connectivity index (χ4v) is 4.36. The zero-order chi connectivity index (χ0) is 15.7. The van der Waals surface area contributed by atoms with Gasteiger partial charge in [-0.1, -0.05) is 47.6 Å². The van der Waals surface area contributed by atoms with Crippen molar-refractivity contribution in [3.8, 4) is 0 Å². The van der Waals surface area contributed by atoms with Crippen molar-refractivity contribution in [3.05, 3.63) is 58.7 Å². The van der Waals surface area contributed by atoms with Crippen LogP contribution in [-0.2, 0) is 0 Å². The van der Waals surface area contributed by atoms with Crippen molar-refractivity contribution in [1.29, 1.82) is 0 Å². The molecule has 0 bridgehead atoms. The number of allylic oxidation sites excluding steroid dienone is 4. The Morgan fingerprint density at radius 3 is 2.27 bits per heavy atom. The zero-order valence-electron chi connectivity index (χ0n) is 14.5. The van der Waals surface area contributed by atoms with Crippen LogP contribution in [0, 0.1) is 5.92 Å². The molecule has 2 aliphatic carbocycles. The van der Waals surface area contributed by atoms with Crippen molar-refractivity contribution >= 4 is 0 Å². The van der Waals surface area contributed by atoms with Gasteiger partial charge in [-0.2, -0.15) is 0 Å². The summed E-state index contributed by atoms with van der Waals surface area (Å²) >= 11 is 0. The number of benzene rings is 1. The predicted octanol–water partition coefficient (Wildman–Crippen LogP) is 5.17. The molecule has 0 aliphatic heterocycles. The summed E-state index contributed by atoms with van der Waals surface area (Å²) in [6, 6.07) is 11.9. The highest BCUT2D eigenvalue weighted by atomic mass is 15.1. The Morgan fingerprint density at radius 2 is 1.68 bits per heavy atom. The normalized spacial score (nSPS) is 29.1. The third kappa shape index (κ3) is 2.92. The van der Waals surface area contributed by atoms with Gasteiger partial charge >= 0.3 is 0 Å². The Balaban J connectivity index is 1.91. The van der Waals surface area contributed by atoms with Crippen molar-refractivity contribution in [2.24, 2.45) is 5.92 Å². The van der Waals surface area contributed by atoms with Crippen molar-refractivity contribution < 1.29 is 0 Å². The van der Waals surface area contributed by atoms with E-state index in [1.165, 1.54) is 36.8 Å². The molecule has 3 atom stereocenters. The maximum Gasteiger partial charge on any atom is 0.00954 e. The first kappa shape index (κ1) is 15.6. The molecule has 22 heavy (non-hydrogen) atoms. The number of hydrogen-bond donors (Lipinski definition) is 0. The molecule has 1 saturated carbocycles. The van der Waals surface area contributed by atoms with Gasteiger partial charge in [0.2, 0.25) is 0 Å². The van der Waals surface area contributed by atoms with Crippen LogP contribution < -0.4 is 0 Å². The zero-order valence-corrected chi connectivity index (χ0v) is 14.5. The SMILES string of the molecule is CC1=CCC(C2CCC(N(C)C)CC2c2ccccc2)=C1C. The highest BCUT2D eigenvalue weighted by Gasteiger charge is 2.35. The van der Waals surface area contributed by atoms with Crippen molar-refractivity contribution in [2.75, 3.05) is 14.1 Å². The first-order valence-electron chi connectivity index (χ1n) is 8.66. The Morgan fingerprint density at radius 1 is 0.955 bits per heavy atom. The molecule has 1 heteroatoms. The second-order valence-electron chi connectivity index (χ2n) is 7.30. The molecule has 0 spiro atoms. The lowest BCUT2D eigenvalue weighted by Gasteiger charge is -2.40. The van der Waals surface area contributed by atoms with E-state index < -0.39 is 0 Å². The highest BCUT2D eigenvalue weighted by Crippen LogP contribution is 2.46. The van der Waals surface area contributed by atoms with E-state index in [4.69, 9.17) is 0 Å². The predicted molar refractivity (Wildman–Crippen MR) is 95.1 cm³/mol. The molecule has 1 nitrogen and oxygen atoms in total. The van der Waals surface area contributed by atoms with E-state index in [2.05, 4.69) is 69.3 Å². The topological polar surface area (TPSA) is 3.24 Å². The molecule has 0 saturated heterocycles. The van der Waals surface area contributed by atoms with Crippen molar-refractivity contribution in [3.63, 3.8) is 0 Å². The Bertz CT molecular complexity index is 579. The first-order chi connectivity index (χ1) is 10.6. The molecule has 1 aromatic rings. The third-order valence-electron chi connectivity index (χ3n) is 5.93. The second kappa shape index (κ2) is 6.42. The summed E-state index contributed by atoms with van der Waals surface area (Å²) in [6.07, 6.45) is 7.55. The minimum absolute atomic E-state index is 0.673. The average Bonchev–Trinajstić information content (AvgIpc) is 2.87. The summed E-state index contributed by atoms with van der Waals surface area (Å²) in [5.74, 6) is 1.40. The van der Waals surface area contributed by atoms with E-state index in [0.29, 0.717) is 5.92 Å². The summed E-state index contributed by atoms with van der Waals surface area (Å²) in [5.41, 5.74) is 6.30. The summed E-state index contributed by atoms with van der Waals surface area (Å²) in [7, 11) is 4.47. The van der Waals surface area contributed by atoms with E-state index in [1.807, 2.05) is 0 Å². The van der Waals surface area contributed by atoms with Gasteiger partial charge in [-0.15, -0.1) is 0 Å². The quantitative estimate of drug-likeness (QED) is 0.744. The molecular weight excluding hydrogens is 266 g/mol. The van der Waals surface area contributed by atoms with E-state index in [1.54, 1.807) is 11.1 Å². The summed E-state index contributed by atoms with van der Waals surface area (Å²) < 4.78 is 0. The van der Waals surface area contributed by atoms with E-state index in [9.17, 15) is 0 Å². The van der Waals surface area contributed by atoms with Crippen LogP contribution in [0.2, 0.25) is 0 Å². The molecule has 3 unspecified atom stereocenters. The number of rotatable bonds is 3. The van der Waals surface area contributed by atoms with Gasteiger partial charge in [-0.25, -0.2) is 0 Å². The molecule has 0 N–H and O–H groups in total. The summed E-state index contributed by atoms with van der Waals surface area (Å²) in [4.78, 5) is 2.42. The monoisotopic (exact) mass is 295 g/mol. The Hall–Kier alpha value is -1.34. The highest BCUT2D eigenvalue weighted by molar-refractivity contribution is 5.42. The van der Waals surface area contributed by atoms with Gasteiger partial charge in [-0.05, 0) is 76.6 Å². The van der Waals surface area contributed by atoms with Gasteiger partial charge in [0.25, 0.3) is 0 Å². The summed E-state index contributed by atoms with van der Waals surface area (Å²) in [6.45, 7) is 4.60. The maximum atomic E-state index is 2.42. The van der Waals surface area contributed by atoms with E-state index in [0.717, 1.165) is 12.0 Å². The van der Waals surface area contributed by atoms with Gasteiger partial charge in [0.05, 0.1) is 0 Å². The van der Waals surface area contributed by atoms with Gasteiger partial charge in [-0.3, -0.25) is 0 Å². The van der Waals surface area contributed by atoms with Crippen LogP contribution in [0.1, 0.15) is 51.0 Å². The lowest BCUT2D eigenvalue weighted by Crippen LogP contribution is -2.36. The molecule has 3 rings (SSSR count). The van der Waals surface area contributed by atoms with Crippen LogP contribution >= 0.6 is 0 Å². The molecule has 0 aromatic heterocycles.